The third kappa shape index (κ3) is 3.91. The van der Waals surface area contributed by atoms with Crippen molar-refractivity contribution in [2.24, 2.45) is 0 Å². The zero-order valence-electron chi connectivity index (χ0n) is 9.76. The summed E-state index contributed by atoms with van der Waals surface area (Å²) < 4.78 is 82.0. The predicted molar refractivity (Wildman–Crippen MR) is 51.8 cm³/mol. The molecule has 0 N–H and O–H groups in total. The average Bonchev–Trinajstić information content (AvgIpc) is 2.25. The van der Waals surface area contributed by atoms with E-state index in [-0.39, 0.29) is 0 Å². The van der Waals surface area contributed by atoms with E-state index in [4.69, 9.17) is 5.26 Å². The van der Waals surface area contributed by atoms with E-state index in [0.29, 0.717) is 6.07 Å². The fourth-order valence-electron chi connectivity index (χ4n) is 1.32. The zero-order valence-corrected chi connectivity index (χ0v) is 9.76. The summed E-state index contributed by atoms with van der Waals surface area (Å²) in [5, 5.41) is 8.49. The number of hydrogen-bond acceptors (Lipinski definition) is 4. The Morgan fingerprint density at radius 2 is 1.85 bits per heavy atom. The van der Waals surface area contributed by atoms with Crippen molar-refractivity contribution in [1.29, 1.82) is 5.26 Å². The summed E-state index contributed by atoms with van der Waals surface area (Å²) in [7, 11) is 0.925. The molecule has 1 aromatic heterocycles. The lowest BCUT2D eigenvalue weighted by molar-refractivity contribution is -0.277. The molecule has 0 saturated carbocycles. The number of nitrogens with zero attached hydrogens (tertiary/aromatic N) is 2. The second-order valence-corrected chi connectivity index (χ2v) is 3.39. The summed E-state index contributed by atoms with van der Waals surface area (Å²) >= 11 is 0. The highest BCUT2D eigenvalue weighted by Crippen LogP contribution is 2.38. The van der Waals surface area contributed by atoms with Crippen molar-refractivity contribution in [1.82, 2.24) is 4.98 Å². The van der Waals surface area contributed by atoms with Gasteiger partial charge in [-0.15, -0.1) is 13.2 Å². The van der Waals surface area contributed by atoms with Gasteiger partial charge in [0.25, 0.3) is 5.88 Å². The van der Waals surface area contributed by atoms with Gasteiger partial charge in [0.1, 0.15) is 5.69 Å². The van der Waals surface area contributed by atoms with E-state index in [9.17, 15) is 26.3 Å². The molecule has 10 heteroatoms. The Balaban J connectivity index is 3.46. The standard InChI is InChI=1S/C10H6F6N2O2/c1-19-7-5(2-3-17)4-6(9(11,12)13)18-8(7)20-10(14,15)16/h4H,2H2,1H3. The lowest BCUT2D eigenvalue weighted by atomic mass is 10.1. The molecule has 0 saturated heterocycles. The van der Waals surface area contributed by atoms with Crippen LogP contribution in [-0.4, -0.2) is 18.5 Å². The first-order chi connectivity index (χ1) is 9.08. The molecule has 0 aliphatic heterocycles. The Kier molecular flexibility index (Phi) is 4.32. The van der Waals surface area contributed by atoms with Gasteiger partial charge in [0.05, 0.1) is 19.6 Å². The summed E-state index contributed by atoms with van der Waals surface area (Å²) in [6.45, 7) is 0. The Bertz CT molecular complexity index is 532. The van der Waals surface area contributed by atoms with E-state index in [1.807, 2.05) is 0 Å². The first kappa shape index (κ1) is 15.9. The van der Waals surface area contributed by atoms with Crippen LogP contribution < -0.4 is 9.47 Å². The van der Waals surface area contributed by atoms with Crippen LogP contribution in [0.1, 0.15) is 11.3 Å². The average molecular weight is 300 g/mol. The molecule has 0 spiro atoms. The van der Waals surface area contributed by atoms with Crippen LogP contribution in [0.3, 0.4) is 0 Å². The molecule has 20 heavy (non-hydrogen) atoms. The maximum Gasteiger partial charge on any atom is 0.574 e. The van der Waals surface area contributed by atoms with Crippen LogP contribution in [0.4, 0.5) is 26.3 Å². The molecule has 0 atom stereocenters. The van der Waals surface area contributed by atoms with Crippen LogP contribution in [0.5, 0.6) is 11.6 Å². The Morgan fingerprint density at radius 3 is 2.25 bits per heavy atom. The van der Waals surface area contributed by atoms with Crippen molar-refractivity contribution in [2.45, 2.75) is 19.0 Å². The number of alkyl halides is 6. The minimum absolute atomic E-state index is 0.406. The second kappa shape index (κ2) is 5.44. The van der Waals surface area contributed by atoms with Crippen molar-refractivity contribution in [3.05, 3.63) is 17.3 Å². The quantitative estimate of drug-likeness (QED) is 0.805. The predicted octanol–water partition coefficient (Wildman–Crippen LogP) is 3.07. The van der Waals surface area contributed by atoms with Gasteiger partial charge >= 0.3 is 12.5 Å². The fraction of sp³-hybridized carbons (Fsp3) is 0.400. The molecule has 110 valence electrons. The third-order valence-corrected chi connectivity index (χ3v) is 2.00. The maximum absolute atomic E-state index is 12.5. The summed E-state index contributed by atoms with van der Waals surface area (Å²) in [5.74, 6) is -2.06. The number of methoxy groups -OCH3 is 1. The van der Waals surface area contributed by atoms with Crippen LogP contribution in [-0.2, 0) is 12.6 Å². The summed E-state index contributed by atoms with van der Waals surface area (Å²) in [4.78, 5) is 2.74. The SMILES string of the molecule is COc1c(CC#N)cc(C(F)(F)F)nc1OC(F)(F)F. The second-order valence-electron chi connectivity index (χ2n) is 3.39. The van der Waals surface area contributed by atoms with Gasteiger partial charge in [-0.3, -0.25) is 0 Å². The molecule has 4 nitrogen and oxygen atoms in total. The van der Waals surface area contributed by atoms with E-state index < -0.39 is 41.8 Å². The van der Waals surface area contributed by atoms with Crippen molar-refractivity contribution in [3.63, 3.8) is 0 Å². The lowest BCUT2D eigenvalue weighted by Gasteiger charge is -2.16. The summed E-state index contributed by atoms with van der Waals surface area (Å²) in [6.07, 6.45) is -10.8. The van der Waals surface area contributed by atoms with Gasteiger partial charge in [-0.05, 0) is 6.07 Å². The largest absolute Gasteiger partial charge is 0.574 e. The lowest BCUT2D eigenvalue weighted by Crippen LogP contribution is -2.20. The number of ether oxygens (including phenoxy) is 2. The van der Waals surface area contributed by atoms with E-state index in [1.54, 1.807) is 0 Å². The van der Waals surface area contributed by atoms with E-state index in [0.717, 1.165) is 7.11 Å². The molecule has 0 amide bonds. The molecule has 0 bridgehead atoms. The maximum atomic E-state index is 12.5. The molecule has 0 unspecified atom stereocenters. The smallest absolute Gasteiger partial charge is 0.491 e. The molecule has 1 heterocycles. The first-order valence-electron chi connectivity index (χ1n) is 4.86. The Hall–Kier alpha value is -2.18. The van der Waals surface area contributed by atoms with E-state index in [2.05, 4.69) is 14.5 Å². The summed E-state index contributed by atoms with van der Waals surface area (Å²) in [5.41, 5.74) is -2.01. The van der Waals surface area contributed by atoms with Gasteiger partial charge in [-0.25, -0.2) is 4.98 Å². The highest BCUT2D eigenvalue weighted by Gasteiger charge is 2.38. The molecular formula is C10H6F6N2O2. The van der Waals surface area contributed by atoms with Crippen LogP contribution in [0.25, 0.3) is 0 Å². The van der Waals surface area contributed by atoms with Crippen molar-refractivity contribution in [2.75, 3.05) is 7.11 Å². The van der Waals surface area contributed by atoms with Gasteiger partial charge in [-0.1, -0.05) is 0 Å². The fourth-order valence-corrected chi connectivity index (χ4v) is 1.32. The molecule has 0 fully saturated rings. The normalized spacial score (nSPS) is 11.9. The minimum atomic E-state index is -5.24. The van der Waals surface area contributed by atoms with Gasteiger partial charge in [0.2, 0.25) is 0 Å². The molecule has 1 aromatic rings. The van der Waals surface area contributed by atoms with Crippen molar-refractivity contribution >= 4 is 0 Å². The molecule has 0 radical (unpaired) electrons. The summed E-state index contributed by atoms with van der Waals surface area (Å²) in [6, 6.07) is 1.95. The van der Waals surface area contributed by atoms with Gasteiger partial charge in [-0.2, -0.15) is 18.4 Å². The number of aromatic nitrogens is 1. The molecule has 1 rings (SSSR count). The third-order valence-electron chi connectivity index (χ3n) is 2.00. The van der Waals surface area contributed by atoms with Crippen LogP contribution >= 0.6 is 0 Å². The number of hydrogen-bond donors (Lipinski definition) is 0. The van der Waals surface area contributed by atoms with Gasteiger partial charge in [0, 0.05) is 5.56 Å². The number of nitriles is 1. The number of halogens is 6. The van der Waals surface area contributed by atoms with Crippen LogP contribution in [0.15, 0.2) is 6.07 Å². The van der Waals surface area contributed by atoms with Gasteiger partial charge < -0.3 is 9.47 Å². The van der Waals surface area contributed by atoms with Crippen molar-refractivity contribution in [3.8, 4) is 17.7 Å². The van der Waals surface area contributed by atoms with Crippen molar-refractivity contribution < 1.29 is 35.8 Å². The van der Waals surface area contributed by atoms with Crippen LogP contribution in [0.2, 0.25) is 0 Å². The number of pyridine rings is 1. The highest BCUT2D eigenvalue weighted by molar-refractivity contribution is 5.45. The van der Waals surface area contributed by atoms with E-state index in [1.165, 1.54) is 6.07 Å². The Morgan fingerprint density at radius 1 is 1.25 bits per heavy atom. The highest BCUT2D eigenvalue weighted by atomic mass is 19.4. The first-order valence-corrected chi connectivity index (χ1v) is 4.86. The number of rotatable bonds is 3. The zero-order chi connectivity index (χ0) is 15.6. The minimum Gasteiger partial charge on any atom is -0.491 e. The van der Waals surface area contributed by atoms with Gasteiger partial charge in [0.15, 0.2) is 5.75 Å². The molecular weight excluding hydrogens is 294 g/mol. The molecule has 0 aliphatic rings. The monoisotopic (exact) mass is 300 g/mol. The molecule has 0 aliphatic carbocycles. The van der Waals surface area contributed by atoms with E-state index >= 15 is 0 Å². The molecule has 0 aromatic carbocycles. The van der Waals surface area contributed by atoms with Crippen LogP contribution in [0, 0.1) is 11.3 Å². The Labute approximate surface area is 108 Å². The topological polar surface area (TPSA) is 55.1 Å².